The smallest absolute Gasteiger partial charge is 0.231 e. The summed E-state index contributed by atoms with van der Waals surface area (Å²) in [6, 6.07) is 1.45. The predicted octanol–water partition coefficient (Wildman–Crippen LogP) is 2.34. The molecule has 1 heterocycles. The summed E-state index contributed by atoms with van der Waals surface area (Å²) in [6.07, 6.45) is 0.00218. The molecule has 1 aromatic carbocycles. The summed E-state index contributed by atoms with van der Waals surface area (Å²) in [5.41, 5.74) is 0.233. The normalized spacial score (nSPS) is 13.0. The fourth-order valence-corrected chi connectivity index (χ4v) is 1.70. The summed E-state index contributed by atoms with van der Waals surface area (Å²) in [7, 11) is 0. The third-order valence-electron chi connectivity index (χ3n) is 2.06. The molecule has 0 saturated carbocycles. The average Bonchev–Trinajstić information content (AvgIpc) is 2.61. The first-order chi connectivity index (χ1) is 7.09. The monoisotopic (exact) mass is 230 g/mol. The molecule has 0 spiro atoms. The Morgan fingerprint density at radius 3 is 3.00 bits per heavy atom. The summed E-state index contributed by atoms with van der Waals surface area (Å²) in [5.74, 6) is -0.154. The van der Waals surface area contributed by atoms with E-state index in [4.69, 9.17) is 21.1 Å². The van der Waals surface area contributed by atoms with E-state index in [1.807, 2.05) is 0 Å². The predicted molar refractivity (Wildman–Crippen MR) is 51.9 cm³/mol. The third-order valence-corrected chi connectivity index (χ3v) is 2.40. The van der Waals surface area contributed by atoms with Crippen molar-refractivity contribution in [1.82, 2.24) is 0 Å². The van der Waals surface area contributed by atoms with Crippen molar-refractivity contribution in [3.05, 3.63) is 22.5 Å². The van der Waals surface area contributed by atoms with E-state index in [-0.39, 0.29) is 35.3 Å². The van der Waals surface area contributed by atoms with Crippen LogP contribution in [0.2, 0.25) is 5.02 Å². The molecule has 15 heavy (non-hydrogen) atoms. The number of ketones is 1. The van der Waals surface area contributed by atoms with Gasteiger partial charge in [-0.05, 0) is 13.0 Å². The van der Waals surface area contributed by atoms with Gasteiger partial charge in [0, 0.05) is 12.0 Å². The Morgan fingerprint density at radius 2 is 2.33 bits per heavy atom. The maximum Gasteiger partial charge on any atom is 0.231 e. The van der Waals surface area contributed by atoms with Crippen LogP contribution in [0.4, 0.5) is 4.39 Å². The lowest BCUT2D eigenvalue weighted by molar-refractivity contribution is -0.116. The second-order valence-corrected chi connectivity index (χ2v) is 3.65. The molecule has 1 aliphatic heterocycles. The first kappa shape index (κ1) is 10.2. The average molecular weight is 231 g/mol. The van der Waals surface area contributed by atoms with Gasteiger partial charge >= 0.3 is 0 Å². The number of Topliss-reactive ketones (excluding diaryl/α,β-unsaturated/α-hetero) is 1. The molecular formula is C10H8ClFO3. The van der Waals surface area contributed by atoms with E-state index < -0.39 is 5.82 Å². The van der Waals surface area contributed by atoms with Crippen molar-refractivity contribution in [1.29, 1.82) is 0 Å². The van der Waals surface area contributed by atoms with Crippen LogP contribution in [-0.4, -0.2) is 12.6 Å². The van der Waals surface area contributed by atoms with Crippen LogP contribution >= 0.6 is 11.6 Å². The van der Waals surface area contributed by atoms with E-state index in [9.17, 15) is 9.18 Å². The molecule has 0 aliphatic carbocycles. The van der Waals surface area contributed by atoms with Crippen molar-refractivity contribution in [2.75, 3.05) is 6.79 Å². The Labute approximate surface area is 90.7 Å². The zero-order valence-electron chi connectivity index (χ0n) is 7.97. The molecule has 5 heteroatoms. The Balaban J connectivity index is 2.49. The van der Waals surface area contributed by atoms with Crippen LogP contribution in [0.25, 0.3) is 0 Å². The molecule has 0 N–H and O–H groups in total. The molecule has 0 bridgehead atoms. The van der Waals surface area contributed by atoms with E-state index in [1.165, 1.54) is 13.0 Å². The minimum absolute atomic E-state index is 0.00218. The van der Waals surface area contributed by atoms with Crippen LogP contribution in [0.5, 0.6) is 11.5 Å². The van der Waals surface area contributed by atoms with Gasteiger partial charge in [-0.15, -0.1) is 0 Å². The van der Waals surface area contributed by atoms with Crippen molar-refractivity contribution in [3.8, 4) is 11.5 Å². The van der Waals surface area contributed by atoms with Crippen LogP contribution in [-0.2, 0) is 11.2 Å². The van der Waals surface area contributed by atoms with Gasteiger partial charge in [-0.1, -0.05) is 11.6 Å². The lowest BCUT2D eigenvalue weighted by atomic mass is 10.1. The van der Waals surface area contributed by atoms with Gasteiger partial charge in [-0.3, -0.25) is 4.79 Å². The molecule has 0 amide bonds. The molecule has 3 nitrogen and oxygen atoms in total. The van der Waals surface area contributed by atoms with Crippen LogP contribution in [0.1, 0.15) is 12.5 Å². The Kier molecular flexibility index (Phi) is 2.52. The summed E-state index contributed by atoms with van der Waals surface area (Å²) < 4.78 is 23.7. The molecule has 0 saturated heterocycles. The van der Waals surface area contributed by atoms with Crippen molar-refractivity contribution < 1.29 is 18.7 Å². The zero-order valence-corrected chi connectivity index (χ0v) is 8.73. The Bertz CT molecular complexity index is 431. The van der Waals surface area contributed by atoms with Gasteiger partial charge in [0.1, 0.15) is 16.6 Å². The number of fused-ring (bicyclic) bond motifs is 1. The van der Waals surface area contributed by atoms with Gasteiger partial charge in [0.2, 0.25) is 6.79 Å². The van der Waals surface area contributed by atoms with Crippen molar-refractivity contribution in [3.63, 3.8) is 0 Å². The third kappa shape index (κ3) is 1.77. The van der Waals surface area contributed by atoms with E-state index >= 15 is 0 Å². The second-order valence-electron chi connectivity index (χ2n) is 3.28. The maximum absolute atomic E-state index is 13.6. The van der Waals surface area contributed by atoms with Crippen LogP contribution in [0, 0.1) is 5.82 Å². The topological polar surface area (TPSA) is 35.5 Å². The number of rotatable bonds is 2. The maximum atomic E-state index is 13.6. The molecule has 80 valence electrons. The second kappa shape index (κ2) is 3.70. The molecule has 0 atom stereocenters. The Morgan fingerprint density at radius 1 is 1.60 bits per heavy atom. The first-order valence-electron chi connectivity index (χ1n) is 4.35. The highest BCUT2D eigenvalue weighted by atomic mass is 35.5. The number of hydrogen-bond donors (Lipinski definition) is 0. The van der Waals surface area contributed by atoms with Crippen molar-refractivity contribution in [2.24, 2.45) is 0 Å². The van der Waals surface area contributed by atoms with Crippen molar-refractivity contribution in [2.45, 2.75) is 13.3 Å². The minimum Gasteiger partial charge on any atom is -0.454 e. The SMILES string of the molecule is CC(=O)Cc1cc2c(c(Cl)c1F)OCO2. The molecule has 0 radical (unpaired) electrons. The highest BCUT2D eigenvalue weighted by Gasteiger charge is 2.23. The highest BCUT2D eigenvalue weighted by molar-refractivity contribution is 6.32. The lowest BCUT2D eigenvalue weighted by Gasteiger charge is -2.05. The summed E-state index contributed by atoms with van der Waals surface area (Å²) >= 11 is 5.74. The highest BCUT2D eigenvalue weighted by Crippen LogP contribution is 2.42. The van der Waals surface area contributed by atoms with Gasteiger partial charge in [0.25, 0.3) is 0 Å². The standard InChI is InChI=1S/C10H8ClFO3/c1-5(13)2-6-3-7-10(15-4-14-7)8(11)9(6)12/h3H,2,4H2,1H3. The summed E-state index contributed by atoms with van der Waals surface area (Å²) in [4.78, 5) is 10.9. The molecule has 0 unspecified atom stereocenters. The first-order valence-corrected chi connectivity index (χ1v) is 4.73. The number of carbonyl (C=O) groups excluding carboxylic acids is 1. The molecule has 0 aromatic heterocycles. The minimum atomic E-state index is -0.615. The van der Waals surface area contributed by atoms with Gasteiger partial charge in [-0.25, -0.2) is 4.39 Å². The summed E-state index contributed by atoms with van der Waals surface area (Å²) in [6.45, 7) is 1.41. The number of benzene rings is 1. The van der Waals surface area contributed by atoms with E-state index in [2.05, 4.69) is 0 Å². The largest absolute Gasteiger partial charge is 0.454 e. The van der Waals surface area contributed by atoms with Gasteiger partial charge in [0.05, 0.1) is 0 Å². The molecule has 0 fully saturated rings. The number of carbonyl (C=O) groups is 1. The molecule has 1 aromatic rings. The molecule has 1 aliphatic rings. The summed E-state index contributed by atoms with van der Waals surface area (Å²) in [5, 5.41) is -0.124. The fourth-order valence-electron chi connectivity index (χ4n) is 1.43. The van der Waals surface area contributed by atoms with E-state index in [0.717, 1.165) is 0 Å². The molecular weight excluding hydrogens is 223 g/mol. The van der Waals surface area contributed by atoms with E-state index in [1.54, 1.807) is 0 Å². The molecule has 2 rings (SSSR count). The number of ether oxygens (including phenoxy) is 2. The lowest BCUT2D eigenvalue weighted by Crippen LogP contribution is -2.00. The van der Waals surface area contributed by atoms with Gasteiger partial charge in [0.15, 0.2) is 11.5 Å². The Hall–Kier alpha value is -1.29. The van der Waals surface area contributed by atoms with Crippen LogP contribution < -0.4 is 9.47 Å². The van der Waals surface area contributed by atoms with Gasteiger partial charge in [-0.2, -0.15) is 0 Å². The zero-order chi connectivity index (χ0) is 11.0. The van der Waals surface area contributed by atoms with Gasteiger partial charge < -0.3 is 9.47 Å². The van der Waals surface area contributed by atoms with Crippen molar-refractivity contribution >= 4 is 17.4 Å². The number of halogens is 2. The van der Waals surface area contributed by atoms with Crippen LogP contribution in [0.15, 0.2) is 6.07 Å². The van der Waals surface area contributed by atoms with Crippen LogP contribution in [0.3, 0.4) is 0 Å². The number of hydrogen-bond acceptors (Lipinski definition) is 3. The fraction of sp³-hybridized carbons (Fsp3) is 0.300. The quantitative estimate of drug-likeness (QED) is 0.782. The van der Waals surface area contributed by atoms with E-state index in [0.29, 0.717) is 5.75 Å².